The zero-order valence-electron chi connectivity index (χ0n) is 16.9. The normalized spacial score (nSPS) is 23.4. The fraction of sp³-hybridized carbons (Fsp3) is 0.667. The van der Waals surface area contributed by atoms with Gasteiger partial charge in [0.05, 0.1) is 18.1 Å². The molecule has 1 heterocycles. The summed E-state index contributed by atoms with van der Waals surface area (Å²) >= 11 is 0. The lowest BCUT2D eigenvalue weighted by Crippen LogP contribution is -2.49. The van der Waals surface area contributed by atoms with Crippen molar-refractivity contribution >= 4 is 11.7 Å². The van der Waals surface area contributed by atoms with Gasteiger partial charge in [0.25, 0.3) is 0 Å². The van der Waals surface area contributed by atoms with Crippen LogP contribution in [0, 0.1) is 5.92 Å². The van der Waals surface area contributed by atoms with E-state index < -0.39 is 11.7 Å². The highest BCUT2D eigenvalue weighted by atomic mass is 19.4. The summed E-state index contributed by atoms with van der Waals surface area (Å²) in [5.41, 5.74) is 0.0233. The van der Waals surface area contributed by atoms with Crippen LogP contribution in [0.3, 0.4) is 0 Å². The first-order valence-corrected chi connectivity index (χ1v) is 10.4. The van der Waals surface area contributed by atoms with Gasteiger partial charge in [0.15, 0.2) is 0 Å². The quantitative estimate of drug-likeness (QED) is 0.696. The molecule has 3 rings (SSSR count). The van der Waals surface area contributed by atoms with Crippen molar-refractivity contribution < 1.29 is 22.7 Å². The first kappa shape index (κ1) is 21.9. The van der Waals surface area contributed by atoms with Gasteiger partial charge in [-0.2, -0.15) is 13.2 Å². The van der Waals surface area contributed by atoms with Crippen molar-refractivity contribution in [2.75, 3.05) is 50.8 Å². The van der Waals surface area contributed by atoms with Gasteiger partial charge in [0.1, 0.15) is 0 Å². The topological polar surface area (TPSA) is 44.8 Å². The molecular weight excluding hydrogens is 383 g/mol. The average Bonchev–Trinajstić information content (AvgIpc) is 3.17. The van der Waals surface area contributed by atoms with Crippen molar-refractivity contribution in [2.24, 2.45) is 5.92 Å². The van der Waals surface area contributed by atoms with Crippen LogP contribution in [0.5, 0.6) is 0 Å². The van der Waals surface area contributed by atoms with Crippen molar-refractivity contribution in [1.82, 2.24) is 10.2 Å². The number of carbonyl (C=O) groups excluding carboxylic acids is 1. The van der Waals surface area contributed by atoms with Crippen LogP contribution >= 0.6 is 0 Å². The molecule has 162 valence electrons. The van der Waals surface area contributed by atoms with E-state index in [0.717, 1.165) is 51.5 Å². The molecule has 5 nitrogen and oxygen atoms in total. The van der Waals surface area contributed by atoms with E-state index in [1.807, 2.05) is 11.8 Å². The molecule has 0 amide bonds. The highest BCUT2D eigenvalue weighted by molar-refractivity contribution is 5.73. The number of alkyl halides is 3. The van der Waals surface area contributed by atoms with Crippen LogP contribution in [0.4, 0.5) is 18.9 Å². The van der Waals surface area contributed by atoms with Crippen LogP contribution in [0.2, 0.25) is 0 Å². The fourth-order valence-corrected chi connectivity index (χ4v) is 4.25. The molecule has 0 radical (unpaired) electrons. The van der Waals surface area contributed by atoms with Crippen LogP contribution < -0.4 is 10.2 Å². The van der Waals surface area contributed by atoms with Gasteiger partial charge in [-0.25, -0.2) is 0 Å². The first-order chi connectivity index (χ1) is 13.9. The minimum absolute atomic E-state index is 0.0484. The molecule has 2 unspecified atom stereocenters. The van der Waals surface area contributed by atoms with Gasteiger partial charge >= 0.3 is 12.1 Å². The van der Waals surface area contributed by atoms with Crippen molar-refractivity contribution in [2.45, 2.75) is 38.4 Å². The highest BCUT2D eigenvalue weighted by Gasteiger charge is 2.34. The number of hydrogen-bond acceptors (Lipinski definition) is 5. The van der Waals surface area contributed by atoms with Gasteiger partial charge in [0, 0.05) is 51.0 Å². The number of benzene rings is 1. The molecule has 8 heteroatoms. The number of carbonyl (C=O) groups is 1. The predicted octanol–water partition coefficient (Wildman–Crippen LogP) is 3.15. The maximum absolute atomic E-state index is 12.9. The molecule has 1 saturated carbocycles. The van der Waals surface area contributed by atoms with Crippen molar-refractivity contribution in [1.29, 1.82) is 0 Å². The molecule has 29 heavy (non-hydrogen) atoms. The Morgan fingerprint density at radius 2 is 1.97 bits per heavy atom. The minimum atomic E-state index is -4.31. The molecule has 0 aromatic heterocycles. The van der Waals surface area contributed by atoms with Gasteiger partial charge in [-0.1, -0.05) is 12.5 Å². The standard InChI is InChI=1S/C21H30F3N3O2/c1-2-29-20(28)18-7-4-8-19(18)25-9-10-26-11-13-27(14-12-26)17-6-3-5-16(15-17)21(22,23)24/h3,5-6,15,18-19,25H,2,4,7-14H2,1H3. The second-order valence-electron chi connectivity index (χ2n) is 7.73. The van der Waals surface area contributed by atoms with E-state index >= 15 is 0 Å². The van der Waals surface area contributed by atoms with Crippen molar-refractivity contribution in [3.05, 3.63) is 29.8 Å². The van der Waals surface area contributed by atoms with Crippen molar-refractivity contribution in [3.63, 3.8) is 0 Å². The average molecular weight is 413 g/mol. The lowest BCUT2D eigenvalue weighted by molar-refractivity contribution is -0.148. The van der Waals surface area contributed by atoms with Gasteiger partial charge < -0.3 is 15.0 Å². The lowest BCUT2D eigenvalue weighted by Gasteiger charge is -2.36. The molecule has 0 bridgehead atoms. The molecule has 2 aliphatic rings. The highest BCUT2D eigenvalue weighted by Crippen LogP contribution is 2.32. The van der Waals surface area contributed by atoms with E-state index in [1.165, 1.54) is 12.1 Å². The molecule has 0 spiro atoms. The van der Waals surface area contributed by atoms with E-state index in [-0.39, 0.29) is 17.9 Å². The molecule has 1 aliphatic heterocycles. The summed E-state index contributed by atoms with van der Waals surface area (Å²) in [6.45, 7) is 6.93. The maximum atomic E-state index is 12.9. The van der Waals surface area contributed by atoms with E-state index in [2.05, 4.69) is 10.2 Å². The number of piperazine rings is 1. The number of ether oxygens (including phenoxy) is 1. The van der Waals surface area contributed by atoms with Gasteiger partial charge in [0.2, 0.25) is 0 Å². The molecule has 1 saturated heterocycles. The summed E-state index contributed by atoms with van der Waals surface area (Å²) in [4.78, 5) is 16.3. The molecule has 1 aliphatic carbocycles. The summed E-state index contributed by atoms with van der Waals surface area (Å²) in [5, 5.41) is 3.50. The number of anilines is 1. The summed E-state index contributed by atoms with van der Waals surface area (Å²) < 4.78 is 43.9. The Balaban J connectivity index is 1.42. The number of nitrogens with one attached hydrogen (secondary N) is 1. The smallest absolute Gasteiger partial charge is 0.416 e. The van der Waals surface area contributed by atoms with E-state index in [4.69, 9.17) is 4.74 Å². The molecule has 1 aromatic rings. The molecule has 1 aromatic carbocycles. The van der Waals surface area contributed by atoms with E-state index in [9.17, 15) is 18.0 Å². The predicted molar refractivity (Wildman–Crippen MR) is 106 cm³/mol. The van der Waals surface area contributed by atoms with Crippen LogP contribution in [0.25, 0.3) is 0 Å². The Kier molecular flexibility index (Phi) is 7.40. The Morgan fingerprint density at radius 1 is 1.21 bits per heavy atom. The largest absolute Gasteiger partial charge is 0.466 e. The zero-order chi connectivity index (χ0) is 20.9. The SMILES string of the molecule is CCOC(=O)C1CCCC1NCCN1CCN(c2cccc(C(F)(F)F)c2)CC1. The molecule has 1 N–H and O–H groups in total. The van der Waals surface area contributed by atoms with Gasteiger partial charge in [-0.05, 0) is 38.0 Å². The maximum Gasteiger partial charge on any atom is 0.416 e. The van der Waals surface area contributed by atoms with Crippen LogP contribution in [-0.2, 0) is 15.7 Å². The van der Waals surface area contributed by atoms with Crippen LogP contribution in [-0.4, -0.2) is 62.8 Å². The summed E-state index contributed by atoms with van der Waals surface area (Å²) in [6, 6.07) is 5.73. The Hall–Kier alpha value is -1.80. The summed E-state index contributed by atoms with van der Waals surface area (Å²) in [6.07, 6.45) is -1.40. The zero-order valence-corrected chi connectivity index (χ0v) is 16.9. The second kappa shape index (κ2) is 9.80. The molecule has 2 atom stereocenters. The summed E-state index contributed by atoms with van der Waals surface area (Å²) in [7, 11) is 0. The Bertz CT molecular complexity index is 675. The fourth-order valence-electron chi connectivity index (χ4n) is 4.25. The number of hydrogen-bond donors (Lipinski definition) is 1. The summed E-state index contributed by atoms with van der Waals surface area (Å²) in [5.74, 6) is -0.148. The number of rotatable bonds is 7. The first-order valence-electron chi connectivity index (χ1n) is 10.4. The van der Waals surface area contributed by atoms with E-state index in [1.54, 1.807) is 6.07 Å². The minimum Gasteiger partial charge on any atom is -0.466 e. The van der Waals surface area contributed by atoms with Gasteiger partial charge in [-0.3, -0.25) is 9.69 Å². The van der Waals surface area contributed by atoms with E-state index in [0.29, 0.717) is 25.4 Å². The van der Waals surface area contributed by atoms with Crippen molar-refractivity contribution in [3.8, 4) is 0 Å². The van der Waals surface area contributed by atoms with Gasteiger partial charge in [-0.15, -0.1) is 0 Å². The Morgan fingerprint density at radius 3 is 2.66 bits per heavy atom. The van der Waals surface area contributed by atoms with Crippen LogP contribution in [0.1, 0.15) is 31.7 Å². The van der Waals surface area contributed by atoms with Crippen LogP contribution in [0.15, 0.2) is 24.3 Å². The third-order valence-corrected chi connectivity index (χ3v) is 5.85. The number of nitrogens with zero attached hydrogens (tertiary/aromatic N) is 2. The Labute approximate surface area is 170 Å². The second-order valence-corrected chi connectivity index (χ2v) is 7.73. The monoisotopic (exact) mass is 413 g/mol. The number of halogens is 3. The molecule has 2 fully saturated rings. The number of esters is 1. The lowest BCUT2D eigenvalue weighted by atomic mass is 10.0. The third kappa shape index (κ3) is 5.85. The molecular formula is C21H30F3N3O2. The third-order valence-electron chi connectivity index (χ3n) is 5.85.